The Kier molecular flexibility index (Phi) is 6.99. The van der Waals surface area contributed by atoms with Crippen molar-refractivity contribution in [1.82, 2.24) is 4.98 Å². The van der Waals surface area contributed by atoms with Crippen molar-refractivity contribution in [2.45, 2.75) is 52.1 Å². The smallest absolute Gasteiger partial charge is 0.180 e. The number of nitrogens with two attached hydrogens (primary N) is 1. The van der Waals surface area contributed by atoms with E-state index in [4.69, 9.17) is 10.5 Å². The maximum Gasteiger partial charge on any atom is 0.180 e. The van der Waals surface area contributed by atoms with Crippen LogP contribution >= 0.6 is 11.3 Å². The number of nitrogens with zero attached hydrogens (tertiary/aromatic N) is 1. The summed E-state index contributed by atoms with van der Waals surface area (Å²) in [5, 5.41) is 2.24. The molecule has 1 heterocycles. The van der Waals surface area contributed by atoms with Gasteiger partial charge in [-0.25, -0.2) is 9.37 Å². The number of hydrogen-bond acceptors (Lipinski definition) is 4. The van der Waals surface area contributed by atoms with Crippen molar-refractivity contribution in [3.05, 3.63) is 35.0 Å². The number of nitrogen functional groups attached to an aromatic ring is 1. The molecule has 0 fully saturated rings. The lowest BCUT2D eigenvalue weighted by Crippen LogP contribution is -2.09. The van der Waals surface area contributed by atoms with E-state index in [1.165, 1.54) is 11.3 Å². The molecule has 0 aliphatic carbocycles. The summed E-state index contributed by atoms with van der Waals surface area (Å²) >= 11 is 1.32. The number of hydrogen-bond donors (Lipinski definition) is 1. The molecule has 0 saturated heterocycles. The van der Waals surface area contributed by atoms with Gasteiger partial charge in [0.05, 0.1) is 11.8 Å². The minimum absolute atomic E-state index is 0.197. The molecule has 3 nitrogen and oxygen atoms in total. The second-order valence-corrected chi connectivity index (χ2v) is 6.52. The average Bonchev–Trinajstić information content (AvgIpc) is 2.97. The zero-order valence-electron chi connectivity index (χ0n) is 13.8. The maximum atomic E-state index is 15.0. The summed E-state index contributed by atoms with van der Waals surface area (Å²) in [6, 6.07) is 5.43. The van der Waals surface area contributed by atoms with Gasteiger partial charge in [0.1, 0.15) is 5.82 Å². The van der Waals surface area contributed by atoms with E-state index in [1.54, 1.807) is 11.4 Å². The van der Waals surface area contributed by atoms with Crippen LogP contribution in [0.4, 0.5) is 9.52 Å². The van der Waals surface area contributed by atoms with Crippen molar-refractivity contribution < 1.29 is 9.13 Å². The minimum Gasteiger partial charge on any atom is -0.375 e. The number of thiazole rings is 1. The fourth-order valence-electron chi connectivity index (χ4n) is 2.50. The molecule has 0 spiro atoms. The number of anilines is 1. The lowest BCUT2D eigenvalue weighted by Gasteiger charge is -2.19. The van der Waals surface area contributed by atoms with E-state index in [2.05, 4.69) is 18.8 Å². The number of unbranched alkanes of at least 4 members (excludes halogenated alkanes) is 2. The zero-order valence-corrected chi connectivity index (χ0v) is 14.7. The number of benzene rings is 1. The normalized spacial score (nSPS) is 12.5. The standard InChI is InChI=1S/C18H25FN2OS/c1-3-5-10-16(22-11-6-4-2)14-9-7-8-13(17(14)19)15-12-23-18(20)21-15/h7-9,12,16H,3-6,10-11H2,1-2H3,(H2,20,21). The van der Waals surface area contributed by atoms with Gasteiger partial charge in [0.2, 0.25) is 0 Å². The van der Waals surface area contributed by atoms with Crippen LogP contribution in [0.2, 0.25) is 0 Å². The lowest BCUT2D eigenvalue weighted by molar-refractivity contribution is 0.0410. The van der Waals surface area contributed by atoms with Crippen molar-refractivity contribution in [3.8, 4) is 11.3 Å². The van der Waals surface area contributed by atoms with Crippen LogP contribution in [0.1, 0.15) is 57.6 Å². The molecule has 2 N–H and O–H groups in total. The van der Waals surface area contributed by atoms with Gasteiger partial charge < -0.3 is 10.5 Å². The van der Waals surface area contributed by atoms with Crippen LogP contribution in [0.5, 0.6) is 0 Å². The van der Waals surface area contributed by atoms with E-state index in [9.17, 15) is 4.39 Å². The summed E-state index contributed by atoms with van der Waals surface area (Å²) in [6.07, 6.45) is 4.78. The first kappa shape index (κ1) is 17.9. The molecule has 0 aliphatic rings. The highest BCUT2D eigenvalue weighted by atomic mass is 32.1. The fourth-order valence-corrected chi connectivity index (χ4v) is 3.06. The van der Waals surface area contributed by atoms with Crippen molar-refractivity contribution in [1.29, 1.82) is 0 Å². The fraction of sp³-hybridized carbons (Fsp3) is 0.500. The van der Waals surface area contributed by atoms with Crippen LogP contribution in [-0.2, 0) is 4.74 Å². The molecule has 0 aliphatic heterocycles. The second kappa shape index (κ2) is 8.99. The Labute approximate surface area is 141 Å². The molecule has 5 heteroatoms. The van der Waals surface area contributed by atoms with E-state index >= 15 is 0 Å². The number of rotatable bonds is 9. The van der Waals surface area contributed by atoms with Crippen molar-refractivity contribution in [2.75, 3.05) is 12.3 Å². The van der Waals surface area contributed by atoms with Crippen LogP contribution < -0.4 is 5.73 Å². The molecule has 0 saturated carbocycles. The van der Waals surface area contributed by atoms with Gasteiger partial charge in [0.15, 0.2) is 5.13 Å². The van der Waals surface area contributed by atoms with Crippen LogP contribution in [-0.4, -0.2) is 11.6 Å². The number of ether oxygens (including phenoxy) is 1. The third kappa shape index (κ3) is 4.75. The van der Waals surface area contributed by atoms with Gasteiger partial charge in [-0.1, -0.05) is 45.2 Å². The zero-order chi connectivity index (χ0) is 16.7. The molecule has 2 aromatic rings. The molecular formula is C18H25FN2OS. The maximum absolute atomic E-state index is 15.0. The molecule has 1 unspecified atom stereocenters. The summed E-state index contributed by atoms with van der Waals surface area (Å²) in [5.74, 6) is -0.240. The Morgan fingerprint density at radius 1 is 1.26 bits per heavy atom. The summed E-state index contributed by atoms with van der Waals surface area (Å²) in [7, 11) is 0. The summed E-state index contributed by atoms with van der Waals surface area (Å²) < 4.78 is 21.0. The predicted molar refractivity (Wildman–Crippen MR) is 95.0 cm³/mol. The first-order chi connectivity index (χ1) is 11.2. The van der Waals surface area contributed by atoms with E-state index in [-0.39, 0.29) is 11.9 Å². The van der Waals surface area contributed by atoms with Gasteiger partial charge >= 0.3 is 0 Å². The highest BCUT2D eigenvalue weighted by molar-refractivity contribution is 7.13. The second-order valence-electron chi connectivity index (χ2n) is 5.63. The predicted octanol–water partition coefficient (Wildman–Crippen LogP) is 5.58. The van der Waals surface area contributed by atoms with E-state index in [1.807, 2.05) is 12.1 Å². The Balaban J connectivity index is 2.27. The molecule has 2 rings (SSSR count). The van der Waals surface area contributed by atoms with Crippen molar-refractivity contribution >= 4 is 16.5 Å². The first-order valence-electron chi connectivity index (χ1n) is 8.28. The molecule has 0 radical (unpaired) electrons. The van der Waals surface area contributed by atoms with E-state index in [0.29, 0.717) is 28.6 Å². The van der Waals surface area contributed by atoms with Gasteiger partial charge in [0, 0.05) is 23.1 Å². The van der Waals surface area contributed by atoms with Crippen molar-refractivity contribution in [3.63, 3.8) is 0 Å². The summed E-state index contributed by atoms with van der Waals surface area (Å²) in [5.41, 5.74) is 7.38. The van der Waals surface area contributed by atoms with Crippen LogP contribution in [0.3, 0.4) is 0 Å². The third-order valence-electron chi connectivity index (χ3n) is 3.81. The van der Waals surface area contributed by atoms with Gasteiger partial charge in [-0.3, -0.25) is 0 Å². The number of halogens is 1. The quantitative estimate of drug-likeness (QED) is 0.608. The Morgan fingerprint density at radius 2 is 2.04 bits per heavy atom. The largest absolute Gasteiger partial charge is 0.375 e. The minimum atomic E-state index is -0.240. The summed E-state index contributed by atoms with van der Waals surface area (Å²) in [4.78, 5) is 4.20. The van der Waals surface area contributed by atoms with Crippen LogP contribution in [0, 0.1) is 5.82 Å². The molecule has 126 valence electrons. The topological polar surface area (TPSA) is 48.1 Å². The Bertz CT molecular complexity index is 615. The summed E-state index contributed by atoms with van der Waals surface area (Å²) in [6.45, 7) is 4.92. The SMILES string of the molecule is CCCCOC(CCCC)c1cccc(-c2csc(N)n2)c1F. The van der Waals surface area contributed by atoms with E-state index < -0.39 is 0 Å². The molecule has 0 bridgehead atoms. The molecule has 23 heavy (non-hydrogen) atoms. The molecule has 0 amide bonds. The highest BCUT2D eigenvalue weighted by Gasteiger charge is 2.20. The molecule has 1 aromatic heterocycles. The average molecular weight is 336 g/mol. The van der Waals surface area contributed by atoms with Gasteiger partial charge in [0.25, 0.3) is 0 Å². The molecular weight excluding hydrogens is 311 g/mol. The molecule has 1 atom stereocenters. The van der Waals surface area contributed by atoms with Gasteiger partial charge in [-0.15, -0.1) is 11.3 Å². The van der Waals surface area contributed by atoms with Gasteiger partial charge in [-0.05, 0) is 18.9 Å². The lowest BCUT2D eigenvalue weighted by atomic mass is 9.99. The molecule has 1 aromatic carbocycles. The Hall–Kier alpha value is -1.46. The van der Waals surface area contributed by atoms with Crippen molar-refractivity contribution in [2.24, 2.45) is 0 Å². The highest BCUT2D eigenvalue weighted by Crippen LogP contribution is 2.33. The monoisotopic (exact) mass is 336 g/mol. The van der Waals surface area contributed by atoms with Gasteiger partial charge in [-0.2, -0.15) is 0 Å². The number of aromatic nitrogens is 1. The van der Waals surface area contributed by atoms with Crippen LogP contribution in [0.25, 0.3) is 11.3 Å². The van der Waals surface area contributed by atoms with E-state index in [0.717, 1.165) is 32.1 Å². The van der Waals surface area contributed by atoms with Crippen LogP contribution in [0.15, 0.2) is 23.6 Å². The third-order valence-corrected chi connectivity index (χ3v) is 4.48. The Morgan fingerprint density at radius 3 is 2.70 bits per heavy atom. The first-order valence-corrected chi connectivity index (χ1v) is 9.16.